The summed E-state index contributed by atoms with van der Waals surface area (Å²) in [5, 5.41) is 9.31. The van der Waals surface area contributed by atoms with Crippen molar-refractivity contribution >= 4 is 18.0 Å². The van der Waals surface area contributed by atoms with E-state index in [4.69, 9.17) is 0 Å². The van der Waals surface area contributed by atoms with Crippen LogP contribution in [-0.2, 0) is 0 Å². The Labute approximate surface area is 64.5 Å². The molecule has 0 fully saturated rings. The molecule has 0 amide bonds. The standard InChI is InChI=1S/C9H7NO/c11-8-5-1-3-7-4-2-6-10-9(7)8/h1-6,11H/q+1. The molecule has 2 heteroatoms. The molecular weight excluding hydrogens is 138 g/mol. The predicted molar refractivity (Wildman–Crippen MR) is 45.0 cm³/mol. The van der Waals surface area contributed by atoms with E-state index >= 15 is 0 Å². The van der Waals surface area contributed by atoms with E-state index in [0.29, 0.717) is 5.69 Å². The molecule has 1 aromatic rings. The van der Waals surface area contributed by atoms with Gasteiger partial charge in [0.15, 0.2) is 5.75 Å². The predicted octanol–water partition coefficient (Wildman–Crippen LogP) is 1.46. The number of phenolic OH excluding ortho intramolecular Hbond substituents is 1. The molecule has 0 aliphatic carbocycles. The topological polar surface area (TPSA) is 34.3 Å². The summed E-state index contributed by atoms with van der Waals surface area (Å²) in [5.41, 5.74) is 1.63. The molecule has 0 atom stereocenters. The molecule has 0 aromatic heterocycles. The highest BCUT2D eigenvalue weighted by molar-refractivity contribution is 5.87. The number of benzene rings is 1. The molecule has 1 aliphatic heterocycles. The number of para-hydroxylation sites is 1. The van der Waals surface area contributed by atoms with Gasteiger partial charge in [-0.25, -0.2) is 0 Å². The van der Waals surface area contributed by atoms with Crippen LogP contribution in [0.4, 0.5) is 5.69 Å². The van der Waals surface area contributed by atoms with Crippen LogP contribution in [0.15, 0.2) is 24.3 Å². The van der Waals surface area contributed by atoms with Gasteiger partial charge < -0.3 is 5.11 Å². The average molecular weight is 145 g/mol. The Morgan fingerprint density at radius 1 is 1.27 bits per heavy atom. The van der Waals surface area contributed by atoms with Crippen molar-refractivity contribution in [2.45, 2.75) is 0 Å². The van der Waals surface area contributed by atoms with Gasteiger partial charge in [-0.3, -0.25) is 0 Å². The molecule has 11 heavy (non-hydrogen) atoms. The fourth-order valence-electron chi connectivity index (χ4n) is 1.09. The Bertz CT molecular complexity index is 339. The van der Waals surface area contributed by atoms with E-state index in [0.717, 1.165) is 5.56 Å². The fourth-order valence-corrected chi connectivity index (χ4v) is 1.09. The average Bonchev–Trinajstić information content (AvgIpc) is 2.06. The maximum atomic E-state index is 9.31. The Kier molecular flexibility index (Phi) is 1.25. The minimum absolute atomic E-state index is 0.239. The highest BCUT2D eigenvalue weighted by Gasteiger charge is 2.15. The van der Waals surface area contributed by atoms with Gasteiger partial charge in [0, 0.05) is 6.08 Å². The molecule has 1 N–H and O–H groups in total. The van der Waals surface area contributed by atoms with Crippen LogP contribution in [0.3, 0.4) is 0 Å². The number of rotatable bonds is 0. The molecule has 0 saturated carbocycles. The normalized spacial score (nSPS) is 13.1. The van der Waals surface area contributed by atoms with E-state index in [1.54, 1.807) is 18.3 Å². The summed E-state index contributed by atoms with van der Waals surface area (Å²) >= 11 is 0. The first kappa shape index (κ1) is 6.16. The van der Waals surface area contributed by atoms with Crippen molar-refractivity contribution in [1.29, 1.82) is 0 Å². The summed E-state index contributed by atoms with van der Waals surface area (Å²) in [6, 6.07) is 5.36. The van der Waals surface area contributed by atoms with E-state index in [1.165, 1.54) is 0 Å². The molecule has 1 heterocycles. The van der Waals surface area contributed by atoms with Crippen molar-refractivity contribution in [3.05, 3.63) is 29.8 Å². The molecule has 0 bridgehead atoms. The third-order valence-electron chi connectivity index (χ3n) is 1.61. The lowest BCUT2D eigenvalue weighted by Gasteiger charge is -1.94. The number of allylic oxidation sites excluding steroid dienone is 1. The van der Waals surface area contributed by atoms with Gasteiger partial charge in [0.25, 0.3) is 0 Å². The first-order valence-corrected chi connectivity index (χ1v) is 3.40. The zero-order valence-electron chi connectivity index (χ0n) is 5.86. The van der Waals surface area contributed by atoms with Gasteiger partial charge in [-0.2, -0.15) is 0 Å². The third kappa shape index (κ3) is 0.923. The number of nitrogens with zero attached hydrogens (tertiary/aromatic N) is 1. The highest BCUT2D eigenvalue weighted by atomic mass is 16.3. The lowest BCUT2D eigenvalue weighted by atomic mass is 10.1. The van der Waals surface area contributed by atoms with E-state index in [9.17, 15) is 5.11 Å². The van der Waals surface area contributed by atoms with Gasteiger partial charge in [0.1, 0.15) is 0 Å². The molecule has 0 unspecified atom stereocenters. The Morgan fingerprint density at radius 3 is 3.00 bits per heavy atom. The molecule has 1 aliphatic rings. The van der Waals surface area contributed by atoms with Gasteiger partial charge in [0.05, 0.1) is 10.6 Å². The van der Waals surface area contributed by atoms with Crippen LogP contribution < -0.4 is 4.99 Å². The maximum absolute atomic E-state index is 9.31. The Hall–Kier alpha value is -1.57. The van der Waals surface area contributed by atoms with Crippen molar-refractivity contribution < 1.29 is 5.11 Å². The van der Waals surface area contributed by atoms with Crippen molar-refractivity contribution in [1.82, 2.24) is 4.99 Å². The smallest absolute Gasteiger partial charge is 0.325 e. The first-order chi connectivity index (χ1) is 5.38. The summed E-state index contributed by atoms with van der Waals surface area (Å²) in [7, 11) is 0. The zero-order chi connectivity index (χ0) is 7.68. The van der Waals surface area contributed by atoms with E-state index in [1.807, 2.05) is 18.2 Å². The van der Waals surface area contributed by atoms with Crippen LogP contribution in [0.5, 0.6) is 5.75 Å². The number of hydrogen-bond acceptors (Lipinski definition) is 2. The first-order valence-electron chi connectivity index (χ1n) is 3.40. The van der Waals surface area contributed by atoms with Crippen LogP contribution in [-0.4, -0.2) is 11.3 Å². The third-order valence-corrected chi connectivity index (χ3v) is 1.61. The number of aliphatic imine (C=N–C) groups is 1. The summed E-state index contributed by atoms with van der Waals surface area (Å²) < 4.78 is 0. The Balaban J connectivity index is 2.70. The molecule has 2 rings (SSSR count). The molecule has 1 aromatic carbocycles. The number of fused-ring (bicyclic) bond motifs is 1. The number of phenols is 1. The van der Waals surface area contributed by atoms with Crippen LogP contribution in [0.2, 0.25) is 0 Å². The van der Waals surface area contributed by atoms with Gasteiger partial charge in [-0.1, -0.05) is 6.07 Å². The lowest BCUT2D eigenvalue weighted by molar-refractivity contribution is 0.476. The zero-order valence-corrected chi connectivity index (χ0v) is 5.86. The second-order valence-electron chi connectivity index (χ2n) is 2.35. The molecule has 0 spiro atoms. The fraction of sp³-hybridized carbons (Fsp3) is 0. The largest absolute Gasteiger partial charge is 0.502 e. The maximum Gasteiger partial charge on any atom is 0.325 e. The second-order valence-corrected chi connectivity index (χ2v) is 2.35. The minimum Gasteiger partial charge on any atom is -0.502 e. The van der Waals surface area contributed by atoms with Crippen molar-refractivity contribution in [3.8, 4) is 5.75 Å². The number of aromatic hydroxyl groups is 1. The summed E-state index contributed by atoms with van der Waals surface area (Å²) in [4.78, 5) is 4.03. The van der Waals surface area contributed by atoms with Gasteiger partial charge >= 0.3 is 5.69 Å². The molecule has 2 nitrogen and oxygen atoms in total. The number of hydrogen-bond donors (Lipinski definition) is 1. The van der Waals surface area contributed by atoms with Crippen LogP contribution in [0.25, 0.3) is 6.08 Å². The monoisotopic (exact) mass is 145 g/mol. The SMILES string of the molecule is Oc1cccc2c1[N+]=CC=C2. The molecule has 0 saturated heterocycles. The van der Waals surface area contributed by atoms with Gasteiger partial charge in [-0.05, 0) is 18.2 Å². The molecular formula is C9H7NO+. The molecule has 53 valence electrons. The van der Waals surface area contributed by atoms with Crippen molar-refractivity contribution in [2.75, 3.05) is 0 Å². The quantitative estimate of drug-likeness (QED) is 0.589. The van der Waals surface area contributed by atoms with E-state index in [2.05, 4.69) is 4.99 Å². The van der Waals surface area contributed by atoms with Crippen LogP contribution in [0.1, 0.15) is 5.56 Å². The minimum atomic E-state index is 0.239. The van der Waals surface area contributed by atoms with Crippen LogP contribution >= 0.6 is 0 Å². The van der Waals surface area contributed by atoms with Crippen molar-refractivity contribution in [2.24, 2.45) is 0 Å². The summed E-state index contributed by atoms with van der Waals surface area (Å²) in [5.74, 6) is 0.239. The highest BCUT2D eigenvalue weighted by Crippen LogP contribution is 2.27. The van der Waals surface area contributed by atoms with Crippen molar-refractivity contribution in [3.63, 3.8) is 0 Å². The van der Waals surface area contributed by atoms with Gasteiger partial charge in [-0.15, -0.1) is 0 Å². The molecule has 1 radical (unpaired) electrons. The van der Waals surface area contributed by atoms with E-state index in [-0.39, 0.29) is 5.75 Å². The van der Waals surface area contributed by atoms with E-state index < -0.39 is 0 Å². The summed E-state index contributed by atoms with van der Waals surface area (Å²) in [6.07, 6.45) is 5.44. The summed E-state index contributed by atoms with van der Waals surface area (Å²) in [6.45, 7) is 0. The lowest BCUT2D eigenvalue weighted by Crippen LogP contribution is -1.91. The Morgan fingerprint density at radius 2 is 2.18 bits per heavy atom. The second kappa shape index (κ2) is 2.23. The van der Waals surface area contributed by atoms with Gasteiger partial charge in [0.2, 0.25) is 6.21 Å². The van der Waals surface area contributed by atoms with Crippen LogP contribution in [0, 0.1) is 0 Å².